The predicted molar refractivity (Wildman–Crippen MR) is 104 cm³/mol. The molecule has 0 aliphatic carbocycles. The molecule has 0 aliphatic rings. The number of nitrogen functional groups attached to an aromatic ring is 1. The van der Waals surface area contributed by atoms with Crippen molar-refractivity contribution in [3.05, 3.63) is 51.7 Å². The van der Waals surface area contributed by atoms with Gasteiger partial charge in [-0.2, -0.15) is 0 Å². The van der Waals surface area contributed by atoms with E-state index in [1.807, 2.05) is 13.8 Å². The van der Waals surface area contributed by atoms with Gasteiger partial charge in [0, 0.05) is 15.5 Å². The maximum absolute atomic E-state index is 12.2. The molecule has 3 rings (SSSR count). The first kappa shape index (κ1) is 17.9. The lowest BCUT2D eigenvalue weighted by Crippen LogP contribution is -2.30. The highest BCUT2D eigenvalue weighted by atomic mass is 35.5. The largest absolute Gasteiger partial charge is 0.393 e. The smallest absolute Gasteiger partial charge is 0.269 e. The first-order valence-corrected chi connectivity index (χ1v) is 8.77. The zero-order valence-electron chi connectivity index (χ0n) is 14.0. The van der Waals surface area contributed by atoms with E-state index in [-0.39, 0.29) is 17.4 Å². The normalized spacial score (nSPS) is 10.4. The summed E-state index contributed by atoms with van der Waals surface area (Å²) in [5.74, 6) is 0.294. The van der Waals surface area contributed by atoms with Crippen molar-refractivity contribution in [2.75, 3.05) is 16.5 Å². The average molecular weight is 390 g/mol. The fourth-order valence-corrected chi connectivity index (χ4v) is 3.04. The number of hydrogen-bond donors (Lipinski definition) is 4. The number of hydrogen-bond acceptors (Lipinski definition) is 8. The van der Waals surface area contributed by atoms with Crippen LogP contribution in [0.5, 0.6) is 0 Å². The molecule has 10 heteroatoms. The molecule has 134 valence electrons. The second kappa shape index (κ2) is 7.54. The van der Waals surface area contributed by atoms with E-state index in [1.54, 1.807) is 24.3 Å². The third kappa shape index (κ3) is 4.01. The lowest BCUT2D eigenvalue weighted by molar-refractivity contribution is 0.0962. The fourth-order valence-electron chi connectivity index (χ4n) is 2.04. The number of nitrogens with zero attached hydrogens (tertiary/aromatic N) is 3. The van der Waals surface area contributed by atoms with E-state index in [4.69, 9.17) is 17.3 Å². The van der Waals surface area contributed by atoms with Gasteiger partial charge < -0.3 is 11.1 Å². The van der Waals surface area contributed by atoms with Gasteiger partial charge >= 0.3 is 0 Å². The number of benzene rings is 1. The maximum atomic E-state index is 12.2. The number of halogens is 1. The molecule has 0 aliphatic heterocycles. The molecule has 1 aromatic carbocycles. The Morgan fingerprint density at radius 1 is 1.23 bits per heavy atom. The van der Waals surface area contributed by atoms with E-state index in [0.29, 0.717) is 21.5 Å². The van der Waals surface area contributed by atoms with Crippen LogP contribution in [0, 0.1) is 13.8 Å². The topological polar surface area (TPSA) is 118 Å². The van der Waals surface area contributed by atoms with E-state index < -0.39 is 0 Å². The van der Waals surface area contributed by atoms with Gasteiger partial charge in [-0.1, -0.05) is 17.7 Å². The van der Waals surface area contributed by atoms with Crippen molar-refractivity contribution in [3.8, 4) is 0 Å². The van der Waals surface area contributed by atoms with Crippen molar-refractivity contribution in [2.24, 2.45) is 0 Å². The first-order valence-electron chi connectivity index (χ1n) is 7.57. The Hall–Kier alpha value is -2.91. The van der Waals surface area contributed by atoms with Gasteiger partial charge in [0.2, 0.25) is 0 Å². The van der Waals surface area contributed by atoms with Crippen LogP contribution in [-0.2, 0) is 0 Å². The average Bonchev–Trinajstić information content (AvgIpc) is 2.93. The van der Waals surface area contributed by atoms with Gasteiger partial charge in [-0.15, -0.1) is 11.3 Å². The Morgan fingerprint density at radius 2 is 2.00 bits per heavy atom. The summed E-state index contributed by atoms with van der Waals surface area (Å²) in [5, 5.41) is 4.21. The molecule has 0 unspecified atom stereocenters. The van der Waals surface area contributed by atoms with E-state index in [9.17, 15) is 4.79 Å². The summed E-state index contributed by atoms with van der Waals surface area (Å²) >= 11 is 7.39. The SMILES string of the molecule is Cc1nc(Nc2ncnc(NNC(=O)c3cccc(Cl)c3)c2N)sc1C. The number of carbonyl (C=O) groups excluding carboxylic acids is 1. The summed E-state index contributed by atoms with van der Waals surface area (Å²) < 4.78 is 0. The molecule has 3 aromatic rings. The molecule has 0 saturated carbocycles. The summed E-state index contributed by atoms with van der Waals surface area (Å²) in [5.41, 5.74) is 12.9. The Bertz CT molecular complexity index is 940. The van der Waals surface area contributed by atoms with E-state index >= 15 is 0 Å². The predicted octanol–water partition coefficient (Wildman–Crippen LogP) is 3.29. The summed E-state index contributed by atoms with van der Waals surface area (Å²) in [6.45, 7) is 3.92. The Labute approximate surface area is 158 Å². The van der Waals surface area contributed by atoms with Gasteiger partial charge in [0.1, 0.15) is 12.0 Å². The number of hydrazine groups is 1. The number of aryl methyl sites for hydroxylation is 2. The van der Waals surface area contributed by atoms with Crippen molar-refractivity contribution < 1.29 is 4.79 Å². The van der Waals surface area contributed by atoms with Crippen LogP contribution in [-0.4, -0.2) is 20.9 Å². The van der Waals surface area contributed by atoms with Gasteiger partial charge in [-0.05, 0) is 32.0 Å². The zero-order valence-corrected chi connectivity index (χ0v) is 15.6. The quantitative estimate of drug-likeness (QED) is 0.494. The second-order valence-corrected chi connectivity index (χ2v) is 7.00. The van der Waals surface area contributed by atoms with E-state index in [1.165, 1.54) is 17.7 Å². The molecule has 0 saturated heterocycles. The molecule has 1 amide bonds. The summed E-state index contributed by atoms with van der Waals surface area (Å²) in [6, 6.07) is 6.58. The fraction of sp³-hybridized carbons (Fsp3) is 0.125. The van der Waals surface area contributed by atoms with Crippen molar-refractivity contribution in [2.45, 2.75) is 13.8 Å². The standard InChI is InChI=1S/C16H16ClN7OS/c1-8-9(2)26-16(21-8)22-13-12(18)14(20-7-19-13)23-24-15(25)10-4-3-5-11(17)6-10/h3-7H,18H2,1-2H3,(H,24,25)(H2,19,20,21,22,23). The monoisotopic (exact) mass is 389 g/mol. The number of thiazole rings is 1. The molecule has 0 atom stereocenters. The van der Waals surface area contributed by atoms with Gasteiger partial charge in [-0.25, -0.2) is 15.0 Å². The van der Waals surface area contributed by atoms with Crippen molar-refractivity contribution >= 4 is 51.3 Å². The molecular formula is C16H16ClN7OS. The first-order chi connectivity index (χ1) is 12.4. The van der Waals surface area contributed by atoms with Crippen LogP contribution in [0.25, 0.3) is 0 Å². The van der Waals surface area contributed by atoms with Crippen LogP contribution < -0.4 is 21.9 Å². The molecule has 2 heterocycles. The summed E-state index contributed by atoms with van der Waals surface area (Å²) in [6.07, 6.45) is 1.33. The van der Waals surface area contributed by atoms with Gasteiger partial charge in [0.25, 0.3) is 5.91 Å². The van der Waals surface area contributed by atoms with Crippen LogP contribution in [0.4, 0.5) is 22.5 Å². The highest BCUT2D eigenvalue weighted by molar-refractivity contribution is 7.15. The Balaban J connectivity index is 1.71. The minimum Gasteiger partial charge on any atom is -0.393 e. The third-order valence-electron chi connectivity index (χ3n) is 3.52. The zero-order chi connectivity index (χ0) is 18.7. The highest BCUT2D eigenvalue weighted by Crippen LogP contribution is 2.28. The van der Waals surface area contributed by atoms with Crippen LogP contribution >= 0.6 is 22.9 Å². The third-order valence-corrected chi connectivity index (χ3v) is 4.74. The maximum Gasteiger partial charge on any atom is 0.269 e. The van der Waals surface area contributed by atoms with E-state index in [2.05, 4.69) is 31.1 Å². The Morgan fingerprint density at radius 3 is 2.69 bits per heavy atom. The number of nitrogens with one attached hydrogen (secondary N) is 3. The van der Waals surface area contributed by atoms with Crippen molar-refractivity contribution in [1.29, 1.82) is 0 Å². The molecule has 0 bridgehead atoms. The number of carbonyl (C=O) groups is 1. The molecule has 0 spiro atoms. The number of nitrogens with two attached hydrogens (primary N) is 1. The lowest BCUT2D eigenvalue weighted by atomic mass is 10.2. The van der Waals surface area contributed by atoms with Crippen molar-refractivity contribution in [3.63, 3.8) is 0 Å². The number of amides is 1. The lowest BCUT2D eigenvalue weighted by Gasteiger charge is -2.12. The number of rotatable bonds is 5. The molecule has 5 N–H and O–H groups in total. The van der Waals surface area contributed by atoms with Crippen LogP contribution in [0.1, 0.15) is 20.9 Å². The molecule has 8 nitrogen and oxygen atoms in total. The minimum absolute atomic E-state index is 0.254. The summed E-state index contributed by atoms with van der Waals surface area (Å²) in [4.78, 5) is 25.8. The second-order valence-electron chi connectivity index (χ2n) is 5.36. The van der Waals surface area contributed by atoms with Crippen LogP contribution in [0.3, 0.4) is 0 Å². The minimum atomic E-state index is -0.369. The molecule has 0 radical (unpaired) electrons. The molecular weight excluding hydrogens is 374 g/mol. The number of aromatic nitrogens is 3. The van der Waals surface area contributed by atoms with Gasteiger partial charge in [-0.3, -0.25) is 15.6 Å². The molecule has 0 fully saturated rings. The summed E-state index contributed by atoms with van der Waals surface area (Å²) in [7, 11) is 0. The Kier molecular flexibility index (Phi) is 5.19. The van der Waals surface area contributed by atoms with E-state index in [0.717, 1.165) is 10.6 Å². The van der Waals surface area contributed by atoms with Crippen LogP contribution in [0.2, 0.25) is 5.02 Å². The molecule has 2 aromatic heterocycles. The van der Waals surface area contributed by atoms with Crippen molar-refractivity contribution in [1.82, 2.24) is 20.4 Å². The highest BCUT2D eigenvalue weighted by Gasteiger charge is 2.12. The van der Waals surface area contributed by atoms with Gasteiger partial charge in [0.15, 0.2) is 16.8 Å². The van der Waals surface area contributed by atoms with Gasteiger partial charge in [0.05, 0.1) is 5.69 Å². The van der Waals surface area contributed by atoms with Crippen LogP contribution in [0.15, 0.2) is 30.6 Å². The number of anilines is 4. The molecule has 26 heavy (non-hydrogen) atoms.